The standard InChI is InChI=1S/C14H12BrN3O/c1-8-2-5-13(10(15)6-8)19-14-17-11-4-3-9(16)7-12(11)18-14/h2-7H,16H2,1H3,(H,17,18). The van der Waals surface area contributed by atoms with Crippen molar-refractivity contribution in [1.82, 2.24) is 9.97 Å². The number of hydrogen-bond acceptors (Lipinski definition) is 3. The first kappa shape index (κ1) is 12.0. The largest absolute Gasteiger partial charge is 0.424 e. The highest BCUT2D eigenvalue weighted by Gasteiger charge is 2.07. The number of halogens is 1. The maximum Gasteiger partial charge on any atom is 0.300 e. The number of anilines is 1. The third-order valence-electron chi connectivity index (χ3n) is 2.78. The number of H-pyrrole nitrogens is 1. The summed E-state index contributed by atoms with van der Waals surface area (Å²) in [5, 5.41) is 0. The summed E-state index contributed by atoms with van der Waals surface area (Å²) in [4.78, 5) is 7.45. The number of nitrogens with one attached hydrogen (secondary N) is 1. The predicted molar refractivity (Wildman–Crippen MR) is 79.5 cm³/mol. The first-order chi connectivity index (χ1) is 9.11. The predicted octanol–water partition coefficient (Wildman–Crippen LogP) is 4.01. The number of nitrogens with two attached hydrogens (primary N) is 1. The second-order valence-electron chi connectivity index (χ2n) is 4.35. The third-order valence-corrected chi connectivity index (χ3v) is 3.40. The minimum absolute atomic E-state index is 0.449. The average Bonchev–Trinajstić information content (AvgIpc) is 2.74. The Morgan fingerprint density at radius 1 is 1.21 bits per heavy atom. The van der Waals surface area contributed by atoms with E-state index in [1.807, 2.05) is 43.3 Å². The highest BCUT2D eigenvalue weighted by molar-refractivity contribution is 9.10. The summed E-state index contributed by atoms with van der Waals surface area (Å²) in [6.45, 7) is 2.03. The van der Waals surface area contributed by atoms with Crippen LogP contribution in [0.1, 0.15) is 5.56 Å². The number of imidazole rings is 1. The van der Waals surface area contributed by atoms with Crippen molar-refractivity contribution in [3.05, 3.63) is 46.4 Å². The van der Waals surface area contributed by atoms with E-state index in [2.05, 4.69) is 25.9 Å². The zero-order valence-corrected chi connectivity index (χ0v) is 11.9. The minimum Gasteiger partial charge on any atom is -0.424 e. The van der Waals surface area contributed by atoms with Gasteiger partial charge in [-0.1, -0.05) is 6.07 Å². The first-order valence-corrected chi connectivity index (χ1v) is 6.60. The van der Waals surface area contributed by atoms with Crippen LogP contribution in [0.15, 0.2) is 40.9 Å². The molecule has 0 radical (unpaired) electrons. The molecule has 3 aromatic rings. The van der Waals surface area contributed by atoms with Gasteiger partial charge >= 0.3 is 0 Å². The van der Waals surface area contributed by atoms with Crippen molar-refractivity contribution in [1.29, 1.82) is 0 Å². The van der Waals surface area contributed by atoms with Gasteiger partial charge in [-0.25, -0.2) is 0 Å². The average molecular weight is 318 g/mol. The van der Waals surface area contributed by atoms with E-state index in [0.717, 1.165) is 26.8 Å². The molecule has 0 spiro atoms. The highest BCUT2D eigenvalue weighted by atomic mass is 79.9. The van der Waals surface area contributed by atoms with Gasteiger partial charge in [-0.2, -0.15) is 4.98 Å². The van der Waals surface area contributed by atoms with Crippen molar-refractivity contribution in [2.75, 3.05) is 5.73 Å². The molecule has 2 aromatic carbocycles. The monoisotopic (exact) mass is 317 g/mol. The Bertz CT molecular complexity index is 752. The van der Waals surface area contributed by atoms with Gasteiger partial charge in [0.25, 0.3) is 6.01 Å². The maximum atomic E-state index is 5.73. The van der Waals surface area contributed by atoms with Crippen molar-refractivity contribution in [3.8, 4) is 11.8 Å². The van der Waals surface area contributed by atoms with Crippen molar-refractivity contribution in [2.24, 2.45) is 0 Å². The summed E-state index contributed by atoms with van der Waals surface area (Å²) in [5.74, 6) is 0.720. The maximum absolute atomic E-state index is 5.73. The molecule has 19 heavy (non-hydrogen) atoms. The number of aryl methyl sites for hydroxylation is 1. The smallest absolute Gasteiger partial charge is 0.300 e. The number of nitrogens with zero attached hydrogens (tertiary/aromatic N) is 1. The van der Waals surface area contributed by atoms with Crippen molar-refractivity contribution < 1.29 is 4.74 Å². The first-order valence-electron chi connectivity index (χ1n) is 5.81. The van der Waals surface area contributed by atoms with Gasteiger partial charge in [0.05, 0.1) is 15.5 Å². The number of benzene rings is 2. The summed E-state index contributed by atoms with van der Waals surface area (Å²) in [6.07, 6.45) is 0. The van der Waals surface area contributed by atoms with Gasteiger partial charge in [-0.15, -0.1) is 0 Å². The van der Waals surface area contributed by atoms with Crippen LogP contribution in [0.3, 0.4) is 0 Å². The third kappa shape index (κ3) is 2.42. The molecule has 0 bridgehead atoms. The molecule has 0 atom stereocenters. The molecule has 4 nitrogen and oxygen atoms in total. The van der Waals surface area contributed by atoms with Crippen molar-refractivity contribution >= 4 is 32.7 Å². The van der Waals surface area contributed by atoms with Crippen LogP contribution in [0, 0.1) is 6.92 Å². The van der Waals surface area contributed by atoms with E-state index in [-0.39, 0.29) is 0 Å². The Labute approximate surface area is 118 Å². The van der Waals surface area contributed by atoms with E-state index in [1.165, 1.54) is 0 Å². The number of nitrogen functional groups attached to an aromatic ring is 1. The number of ether oxygens (including phenoxy) is 1. The fourth-order valence-electron chi connectivity index (χ4n) is 1.84. The van der Waals surface area contributed by atoms with Crippen LogP contribution in [0.4, 0.5) is 5.69 Å². The molecule has 0 fully saturated rings. The van der Waals surface area contributed by atoms with Gasteiger partial charge in [-0.3, -0.25) is 0 Å². The zero-order valence-electron chi connectivity index (χ0n) is 10.3. The SMILES string of the molecule is Cc1ccc(Oc2nc3ccc(N)cc3[nH]2)c(Br)c1. The highest BCUT2D eigenvalue weighted by Crippen LogP contribution is 2.30. The van der Waals surface area contributed by atoms with Crippen LogP contribution in [-0.4, -0.2) is 9.97 Å². The van der Waals surface area contributed by atoms with Gasteiger partial charge in [0, 0.05) is 5.69 Å². The van der Waals surface area contributed by atoms with Crippen LogP contribution in [0.25, 0.3) is 11.0 Å². The topological polar surface area (TPSA) is 63.9 Å². The molecular formula is C14H12BrN3O. The van der Waals surface area contributed by atoms with E-state index in [9.17, 15) is 0 Å². The molecule has 3 rings (SSSR count). The van der Waals surface area contributed by atoms with Crippen LogP contribution >= 0.6 is 15.9 Å². The summed E-state index contributed by atoms with van der Waals surface area (Å²) in [5.41, 5.74) is 9.27. The van der Waals surface area contributed by atoms with E-state index in [0.29, 0.717) is 11.7 Å². The van der Waals surface area contributed by atoms with Crippen LogP contribution < -0.4 is 10.5 Å². The van der Waals surface area contributed by atoms with E-state index >= 15 is 0 Å². The molecule has 1 heterocycles. The Balaban J connectivity index is 1.96. The molecule has 0 aliphatic carbocycles. The minimum atomic E-state index is 0.449. The molecule has 96 valence electrons. The number of rotatable bonds is 2. The Morgan fingerprint density at radius 2 is 2.05 bits per heavy atom. The fourth-order valence-corrected chi connectivity index (χ4v) is 2.42. The lowest BCUT2D eigenvalue weighted by molar-refractivity contribution is 0.446. The second-order valence-corrected chi connectivity index (χ2v) is 5.21. The molecule has 0 saturated heterocycles. The number of fused-ring (bicyclic) bond motifs is 1. The molecule has 0 aliphatic heterocycles. The Kier molecular flexibility index (Phi) is 2.91. The van der Waals surface area contributed by atoms with Gasteiger partial charge in [0.2, 0.25) is 0 Å². The summed E-state index contributed by atoms with van der Waals surface area (Å²) < 4.78 is 6.63. The van der Waals surface area contributed by atoms with Crippen molar-refractivity contribution in [2.45, 2.75) is 6.92 Å². The summed E-state index contributed by atoms with van der Waals surface area (Å²) >= 11 is 3.47. The molecular weight excluding hydrogens is 306 g/mol. The molecule has 0 amide bonds. The van der Waals surface area contributed by atoms with Gasteiger partial charge in [-0.05, 0) is 58.7 Å². The quantitative estimate of drug-likeness (QED) is 0.702. The van der Waals surface area contributed by atoms with Gasteiger partial charge in [0.1, 0.15) is 5.75 Å². The van der Waals surface area contributed by atoms with Gasteiger partial charge in [0.15, 0.2) is 0 Å². The number of aromatic nitrogens is 2. The van der Waals surface area contributed by atoms with Crippen LogP contribution in [0.2, 0.25) is 0 Å². The van der Waals surface area contributed by atoms with Gasteiger partial charge < -0.3 is 15.5 Å². The summed E-state index contributed by atoms with van der Waals surface area (Å²) in [7, 11) is 0. The number of hydrogen-bond donors (Lipinski definition) is 2. The molecule has 3 N–H and O–H groups in total. The Morgan fingerprint density at radius 3 is 2.84 bits per heavy atom. The van der Waals surface area contributed by atoms with Crippen molar-refractivity contribution in [3.63, 3.8) is 0 Å². The van der Waals surface area contributed by atoms with Crippen LogP contribution in [0.5, 0.6) is 11.8 Å². The summed E-state index contributed by atoms with van der Waals surface area (Å²) in [6, 6.07) is 11.8. The lowest BCUT2D eigenvalue weighted by Gasteiger charge is -2.04. The normalized spacial score (nSPS) is 10.8. The number of aromatic amines is 1. The zero-order chi connectivity index (χ0) is 13.4. The molecule has 5 heteroatoms. The van der Waals surface area contributed by atoms with E-state index in [1.54, 1.807) is 0 Å². The lowest BCUT2D eigenvalue weighted by atomic mass is 10.2. The fraction of sp³-hybridized carbons (Fsp3) is 0.0714. The van der Waals surface area contributed by atoms with E-state index in [4.69, 9.17) is 10.5 Å². The molecule has 0 unspecified atom stereocenters. The van der Waals surface area contributed by atoms with Crippen LogP contribution in [-0.2, 0) is 0 Å². The Hall–Kier alpha value is -2.01. The van der Waals surface area contributed by atoms with E-state index < -0.39 is 0 Å². The molecule has 0 aliphatic rings. The molecule has 1 aromatic heterocycles. The molecule has 0 saturated carbocycles. The second kappa shape index (κ2) is 4.59. The lowest BCUT2D eigenvalue weighted by Crippen LogP contribution is -1.87.